The van der Waals surface area contributed by atoms with Crippen LogP contribution in [0.5, 0.6) is 5.75 Å². The summed E-state index contributed by atoms with van der Waals surface area (Å²) >= 11 is 5.80. The normalized spacial score (nSPS) is 17.0. The van der Waals surface area contributed by atoms with Crippen molar-refractivity contribution < 1.29 is 14.7 Å². The van der Waals surface area contributed by atoms with E-state index in [1.165, 1.54) is 0 Å². The zero-order chi connectivity index (χ0) is 17.1. The van der Waals surface area contributed by atoms with Crippen molar-refractivity contribution in [2.45, 2.75) is 12.8 Å². The number of ketones is 1. The summed E-state index contributed by atoms with van der Waals surface area (Å²) in [6.45, 7) is 1.10. The summed E-state index contributed by atoms with van der Waals surface area (Å²) < 4.78 is 0. The second kappa shape index (κ2) is 7.05. The van der Waals surface area contributed by atoms with Crippen molar-refractivity contribution in [1.29, 1.82) is 0 Å². The number of halogens is 1. The number of para-hydroxylation sites is 1. The number of carbonyl (C=O) groups is 2. The third kappa shape index (κ3) is 3.60. The van der Waals surface area contributed by atoms with Crippen LogP contribution in [0, 0.1) is 5.92 Å². The predicted octanol–water partition coefficient (Wildman–Crippen LogP) is 3.32. The van der Waals surface area contributed by atoms with Gasteiger partial charge in [0.05, 0.1) is 0 Å². The Hall–Kier alpha value is -2.33. The van der Waals surface area contributed by atoms with E-state index < -0.39 is 11.7 Å². The molecular weight excluding hydrogens is 326 g/mol. The first-order valence-corrected chi connectivity index (χ1v) is 8.28. The maximum absolute atomic E-state index is 12.4. The Morgan fingerprint density at radius 3 is 2.54 bits per heavy atom. The van der Waals surface area contributed by atoms with Crippen LogP contribution < -0.4 is 0 Å². The summed E-state index contributed by atoms with van der Waals surface area (Å²) in [5.74, 6) is -0.452. The van der Waals surface area contributed by atoms with Crippen LogP contribution >= 0.6 is 11.6 Å². The maximum Gasteiger partial charge on any atom is 0.294 e. The highest BCUT2D eigenvalue weighted by Crippen LogP contribution is 2.26. The van der Waals surface area contributed by atoms with Gasteiger partial charge in [0.1, 0.15) is 5.75 Å². The van der Waals surface area contributed by atoms with Crippen LogP contribution in [-0.2, 0) is 11.2 Å². The smallest absolute Gasteiger partial charge is 0.294 e. The molecule has 24 heavy (non-hydrogen) atoms. The van der Waals surface area contributed by atoms with E-state index in [1.807, 2.05) is 12.1 Å². The molecule has 1 heterocycles. The Morgan fingerprint density at radius 1 is 1.12 bits per heavy atom. The molecule has 3 rings (SSSR count). The van der Waals surface area contributed by atoms with Gasteiger partial charge in [-0.15, -0.1) is 0 Å². The third-order valence-corrected chi connectivity index (χ3v) is 4.63. The molecule has 0 bridgehead atoms. The van der Waals surface area contributed by atoms with Crippen LogP contribution in [-0.4, -0.2) is 34.8 Å². The molecule has 1 saturated heterocycles. The Kier molecular flexibility index (Phi) is 4.86. The van der Waals surface area contributed by atoms with Gasteiger partial charge in [0.15, 0.2) is 0 Å². The van der Waals surface area contributed by atoms with Crippen LogP contribution in [0.15, 0.2) is 48.5 Å². The molecular formula is C19H18ClNO3. The van der Waals surface area contributed by atoms with E-state index in [1.54, 1.807) is 41.3 Å². The number of carbonyl (C=O) groups excluding carboxylic acids is 2. The Bertz CT molecular complexity index is 757. The molecule has 124 valence electrons. The summed E-state index contributed by atoms with van der Waals surface area (Å²) in [5, 5.41) is 10.4. The Labute approximate surface area is 145 Å². The highest BCUT2D eigenvalue weighted by molar-refractivity contribution is 6.43. The molecule has 0 spiro atoms. The molecule has 0 aliphatic carbocycles. The largest absolute Gasteiger partial charge is 0.508 e. The lowest BCUT2D eigenvalue weighted by Crippen LogP contribution is -2.35. The van der Waals surface area contributed by atoms with Gasteiger partial charge in [0.2, 0.25) is 5.78 Å². The van der Waals surface area contributed by atoms with Gasteiger partial charge in [-0.1, -0.05) is 29.8 Å². The van der Waals surface area contributed by atoms with Crippen LogP contribution in [0.25, 0.3) is 0 Å². The quantitative estimate of drug-likeness (QED) is 0.684. The van der Waals surface area contributed by atoms with Gasteiger partial charge in [-0.25, -0.2) is 0 Å². The molecule has 5 heteroatoms. The molecule has 0 saturated carbocycles. The van der Waals surface area contributed by atoms with Crippen molar-refractivity contribution in [3.63, 3.8) is 0 Å². The van der Waals surface area contributed by atoms with Crippen molar-refractivity contribution >= 4 is 23.3 Å². The number of phenols is 1. The average Bonchev–Trinajstić information content (AvgIpc) is 3.05. The van der Waals surface area contributed by atoms with Crippen LogP contribution in [0.2, 0.25) is 5.02 Å². The molecule has 0 aromatic heterocycles. The number of nitrogens with zero attached hydrogens (tertiary/aromatic N) is 1. The third-order valence-electron chi connectivity index (χ3n) is 4.37. The van der Waals surface area contributed by atoms with Gasteiger partial charge < -0.3 is 10.0 Å². The summed E-state index contributed by atoms with van der Waals surface area (Å²) in [5.41, 5.74) is 1.23. The summed E-state index contributed by atoms with van der Waals surface area (Å²) in [4.78, 5) is 26.3. The lowest BCUT2D eigenvalue weighted by Gasteiger charge is -2.16. The number of Topliss-reactive ketones (excluding diaryl/α,β-unsaturated/α-hetero) is 1. The molecule has 1 unspecified atom stereocenters. The van der Waals surface area contributed by atoms with Crippen LogP contribution in [0.4, 0.5) is 0 Å². The van der Waals surface area contributed by atoms with E-state index in [2.05, 4.69) is 0 Å². The molecule has 0 radical (unpaired) electrons. The summed E-state index contributed by atoms with van der Waals surface area (Å²) in [7, 11) is 0. The number of benzene rings is 2. The minimum Gasteiger partial charge on any atom is -0.508 e. The molecule has 1 amide bonds. The number of hydrogen-bond donors (Lipinski definition) is 1. The van der Waals surface area contributed by atoms with Crippen molar-refractivity contribution in [3.8, 4) is 5.75 Å². The number of likely N-dealkylation sites (tertiary alicyclic amines) is 1. The van der Waals surface area contributed by atoms with Crippen LogP contribution in [0.1, 0.15) is 22.3 Å². The van der Waals surface area contributed by atoms with E-state index in [9.17, 15) is 14.7 Å². The van der Waals surface area contributed by atoms with Gasteiger partial charge in [-0.2, -0.15) is 0 Å². The van der Waals surface area contributed by atoms with Crippen molar-refractivity contribution in [2.24, 2.45) is 5.92 Å². The predicted molar refractivity (Wildman–Crippen MR) is 92.3 cm³/mol. The Morgan fingerprint density at radius 2 is 1.83 bits per heavy atom. The van der Waals surface area contributed by atoms with Gasteiger partial charge in [-0.05, 0) is 54.7 Å². The minimum atomic E-state index is -0.505. The average molecular weight is 344 g/mol. The van der Waals surface area contributed by atoms with Gasteiger partial charge in [0.25, 0.3) is 5.91 Å². The lowest BCUT2D eigenvalue weighted by atomic mass is 9.98. The first kappa shape index (κ1) is 16.5. The molecule has 1 N–H and O–H groups in total. The first-order valence-electron chi connectivity index (χ1n) is 7.90. The molecule has 2 aromatic rings. The molecule has 1 aliphatic rings. The zero-order valence-electron chi connectivity index (χ0n) is 13.1. The molecule has 1 atom stereocenters. The fourth-order valence-electron chi connectivity index (χ4n) is 3.05. The minimum absolute atomic E-state index is 0.250. The van der Waals surface area contributed by atoms with E-state index in [0.29, 0.717) is 30.1 Å². The second-order valence-corrected chi connectivity index (χ2v) is 6.51. The zero-order valence-corrected chi connectivity index (χ0v) is 13.9. The van der Waals surface area contributed by atoms with Crippen molar-refractivity contribution in [2.75, 3.05) is 13.1 Å². The monoisotopic (exact) mass is 343 g/mol. The van der Waals surface area contributed by atoms with E-state index >= 15 is 0 Å². The number of aromatic hydroxyl groups is 1. The standard InChI is InChI=1S/C19H18ClNO3/c20-16-7-5-14(6-8-16)18(23)19(24)21-10-9-13(12-21)11-15-3-1-2-4-17(15)22/h1-8,13,22H,9-12H2. The molecule has 2 aromatic carbocycles. The first-order chi connectivity index (χ1) is 11.5. The van der Waals surface area contributed by atoms with Crippen molar-refractivity contribution in [1.82, 2.24) is 4.90 Å². The highest BCUT2D eigenvalue weighted by atomic mass is 35.5. The number of amides is 1. The lowest BCUT2D eigenvalue weighted by molar-refractivity contribution is -0.125. The summed E-state index contributed by atoms with van der Waals surface area (Å²) in [6.07, 6.45) is 1.53. The van der Waals surface area contributed by atoms with Crippen molar-refractivity contribution in [3.05, 3.63) is 64.7 Å². The van der Waals surface area contributed by atoms with Gasteiger partial charge in [-0.3, -0.25) is 9.59 Å². The molecule has 4 nitrogen and oxygen atoms in total. The SMILES string of the molecule is O=C(C(=O)N1CCC(Cc2ccccc2O)C1)c1ccc(Cl)cc1. The fraction of sp³-hybridized carbons (Fsp3) is 0.263. The fourth-order valence-corrected chi connectivity index (χ4v) is 3.17. The van der Waals surface area contributed by atoms with Crippen LogP contribution in [0.3, 0.4) is 0 Å². The van der Waals surface area contributed by atoms with E-state index in [4.69, 9.17) is 11.6 Å². The summed E-state index contributed by atoms with van der Waals surface area (Å²) in [6, 6.07) is 13.6. The topological polar surface area (TPSA) is 57.6 Å². The maximum atomic E-state index is 12.4. The molecule has 1 aliphatic heterocycles. The Balaban J connectivity index is 1.62. The number of phenolic OH excluding ortho intramolecular Hbond substituents is 1. The highest BCUT2D eigenvalue weighted by Gasteiger charge is 2.30. The number of rotatable bonds is 4. The second-order valence-electron chi connectivity index (χ2n) is 6.07. The van der Waals surface area contributed by atoms with E-state index in [-0.39, 0.29) is 11.7 Å². The number of hydrogen-bond acceptors (Lipinski definition) is 3. The van der Waals surface area contributed by atoms with Gasteiger partial charge >= 0.3 is 0 Å². The molecule has 1 fully saturated rings. The van der Waals surface area contributed by atoms with Gasteiger partial charge in [0, 0.05) is 23.7 Å². The van der Waals surface area contributed by atoms with E-state index in [0.717, 1.165) is 12.0 Å².